The van der Waals surface area contributed by atoms with Crippen LogP contribution in [0.15, 0.2) is 24.3 Å². The van der Waals surface area contributed by atoms with Crippen LogP contribution in [-0.4, -0.2) is 35.6 Å². The van der Waals surface area contributed by atoms with Gasteiger partial charge in [0.15, 0.2) is 0 Å². The number of carbonyl (C=O) groups is 2. The SMILES string of the molecule is CCC1(C(=O)NCCc2ccccc2C(=O)O)CCCN1. The van der Waals surface area contributed by atoms with E-state index in [0.29, 0.717) is 18.5 Å². The predicted molar refractivity (Wildman–Crippen MR) is 80.4 cm³/mol. The van der Waals surface area contributed by atoms with Gasteiger partial charge in [-0.3, -0.25) is 4.79 Å². The molecular formula is C16H22N2O3. The number of nitrogens with one attached hydrogen (secondary N) is 2. The van der Waals surface area contributed by atoms with E-state index in [4.69, 9.17) is 5.11 Å². The Morgan fingerprint density at radius 3 is 2.76 bits per heavy atom. The fraction of sp³-hybridized carbons (Fsp3) is 0.500. The summed E-state index contributed by atoms with van der Waals surface area (Å²) in [6.45, 7) is 3.34. The summed E-state index contributed by atoms with van der Waals surface area (Å²) in [5.74, 6) is -0.908. The van der Waals surface area contributed by atoms with Gasteiger partial charge in [-0.05, 0) is 43.9 Å². The van der Waals surface area contributed by atoms with Crippen LogP contribution in [0.5, 0.6) is 0 Å². The minimum absolute atomic E-state index is 0.0234. The number of hydrogen-bond donors (Lipinski definition) is 3. The molecule has 1 aliphatic rings. The number of carboxylic acid groups (broad SMARTS) is 1. The Bertz CT molecular complexity index is 522. The van der Waals surface area contributed by atoms with Gasteiger partial charge >= 0.3 is 5.97 Å². The van der Waals surface area contributed by atoms with Crippen LogP contribution in [0, 0.1) is 0 Å². The molecule has 1 saturated heterocycles. The number of aromatic carboxylic acids is 1. The molecule has 3 N–H and O–H groups in total. The molecule has 0 aromatic heterocycles. The molecule has 1 aromatic rings. The number of rotatable bonds is 6. The number of carbonyl (C=O) groups excluding carboxylic acids is 1. The lowest BCUT2D eigenvalue weighted by molar-refractivity contribution is -0.127. The molecule has 5 heteroatoms. The average molecular weight is 290 g/mol. The second-order valence-corrected chi connectivity index (χ2v) is 5.43. The van der Waals surface area contributed by atoms with Crippen LogP contribution in [0.1, 0.15) is 42.1 Å². The predicted octanol–water partition coefficient (Wildman–Crippen LogP) is 1.58. The highest BCUT2D eigenvalue weighted by molar-refractivity contribution is 5.89. The second-order valence-electron chi connectivity index (χ2n) is 5.43. The molecule has 114 valence electrons. The van der Waals surface area contributed by atoms with Gasteiger partial charge in [-0.1, -0.05) is 25.1 Å². The highest BCUT2D eigenvalue weighted by atomic mass is 16.4. The van der Waals surface area contributed by atoms with Crippen molar-refractivity contribution >= 4 is 11.9 Å². The Kier molecular flexibility index (Phi) is 4.96. The standard InChI is InChI=1S/C16H22N2O3/c1-2-16(9-5-10-18-16)15(21)17-11-8-12-6-3-4-7-13(12)14(19)20/h3-4,6-7,18H,2,5,8-11H2,1H3,(H,17,21)(H,19,20). The Hall–Kier alpha value is -1.88. The van der Waals surface area contributed by atoms with Crippen molar-refractivity contribution in [2.75, 3.05) is 13.1 Å². The third-order valence-corrected chi connectivity index (χ3v) is 4.21. The van der Waals surface area contributed by atoms with Gasteiger partial charge in [0.2, 0.25) is 5.91 Å². The number of hydrogen-bond acceptors (Lipinski definition) is 3. The van der Waals surface area contributed by atoms with Crippen LogP contribution in [0.3, 0.4) is 0 Å². The Morgan fingerprint density at radius 2 is 2.14 bits per heavy atom. The zero-order valence-electron chi connectivity index (χ0n) is 12.3. The van der Waals surface area contributed by atoms with Crippen LogP contribution in [0.4, 0.5) is 0 Å². The van der Waals surface area contributed by atoms with E-state index in [1.54, 1.807) is 18.2 Å². The maximum atomic E-state index is 12.3. The van der Waals surface area contributed by atoms with Crippen molar-refractivity contribution in [1.82, 2.24) is 10.6 Å². The fourth-order valence-electron chi connectivity index (χ4n) is 2.89. The van der Waals surface area contributed by atoms with E-state index in [9.17, 15) is 9.59 Å². The number of benzene rings is 1. The van der Waals surface area contributed by atoms with Crippen LogP contribution in [-0.2, 0) is 11.2 Å². The average Bonchev–Trinajstić information content (AvgIpc) is 2.97. The highest BCUT2D eigenvalue weighted by Crippen LogP contribution is 2.23. The van der Waals surface area contributed by atoms with Crippen LogP contribution < -0.4 is 10.6 Å². The molecule has 2 rings (SSSR count). The lowest BCUT2D eigenvalue weighted by atomic mass is 9.93. The third kappa shape index (κ3) is 3.42. The first-order valence-electron chi connectivity index (χ1n) is 7.43. The monoisotopic (exact) mass is 290 g/mol. The summed E-state index contributed by atoms with van der Waals surface area (Å²) in [4.78, 5) is 23.4. The molecule has 0 saturated carbocycles. The van der Waals surface area contributed by atoms with E-state index >= 15 is 0 Å². The summed E-state index contributed by atoms with van der Waals surface area (Å²) in [7, 11) is 0. The number of amides is 1. The molecule has 21 heavy (non-hydrogen) atoms. The molecular weight excluding hydrogens is 268 g/mol. The van der Waals surface area contributed by atoms with Gasteiger partial charge in [0.25, 0.3) is 0 Å². The van der Waals surface area contributed by atoms with Gasteiger partial charge in [0.1, 0.15) is 0 Å². The molecule has 0 bridgehead atoms. The van der Waals surface area contributed by atoms with Gasteiger partial charge in [-0.25, -0.2) is 4.79 Å². The molecule has 0 spiro atoms. The first kappa shape index (κ1) is 15.5. The topological polar surface area (TPSA) is 78.4 Å². The first-order valence-corrected chi connectivity index (χ1v) is 7.43. The normalized spacial score (nSPS) is 21.2. The molecule has 1 aromatic carbocycles. The molecule has 1 atom stereocenters. The summed E-state index contributed by atoms with van der Waals surface area (Å²) in [6, 6.07) is 6.90. The van der Waals surface area contributed by atoms with E-state index < -0.39 is 11.5 Å². The summed E-state index contributed by atoms with van der Waals surface area (Å²) < 4.78 is 0. The van der Waals surface area contributed by atoms with Crippen molar-refractivity contribution < 1.29 is 14.7 Å². The quantitative estimate of drug-likeness (QED) is 0.743. The van der Waals surface area contributed by atoms with Crippen molar-refractivity contribution in [3.8, 4) is 0 Å². The molecule has 0 radical (unpaired) electrons. The lowest BCUT2D eigenvalue weighted by Gasteiger charge is -2.26. The van der Waals surface area contributed by atoms with Gasteiger partial charge in [0.05, 0.1) is 11.1 Å². The first-order chi connectivity index (χ1) is 10.1. The second kappa shape index (κ2) is 6.72. The minimum atomic E-state index is -0.931. The molecule has 1 amide bonds. The summed E-state index contributed by atoms with van der Waals surface area (Å²) >= 11 is 0. The fourth-order valence-corrected chi connectivity index (χ4v) is 2.89. The Morgan fingerprint density at radius 1 is 1.38 bits per heavy atom. The Labute approximate surface area is 124 Å². The van der Waals surface area contributed by atoms with Crippen molar-refractivity contribution in [2.45, 2.75) is 38.1 Å². The van der Waals surface area contributed by atoms with E-state index in [1.807, 2.05) is 13.0 Å². The van der Waals surface area contributed by atoms with Gasteiger partial charge in [-0.15, -0.1) is 0 Å². The number of carboxylic acids is 1. The summed E-state index contributed by atoms with van der Waals surface area (Å²) in [5.41, 5.74) is 0.609. The molecule has 5 nitrogen and oxygen atoms in total. The Balaban J connectivity index is 1.93. The van der Waals surface area contributed by atoms with E-state index in [-0.39, 0.29) is 5.91 Å². The minimum Gasteiger partial charge on any atom is -0.478 e. The van der Waals surface area contributed by atoms with Crippen molar-refractivity contribution in [3.63, 3.8) is 0 Å². The zero-order chi connectivity index (χ0) is 15.3. The zero-order valence-corrected chi connectivity index (χ0v) is 12.3. The lowest BCUT2D eigenvalue weighted by Crippen LogP contribution is -2.53. The highest BCUT2D eigenvalue weighted by Gasteiger charge is 2.38. The van der Waals surface area contributed by atoms with Gasteiger partial charge in [-0.2, -0.15) is 0 Å². The maximum Gasteiger partial charge on any atom is 0.335 e. The van der Waals surface area contributed by atoms with E-state index in [2.05, 4.69) is 10.6 Å². The van der Waals surface area contributed by atoms with Crippen LogP contribution in [0.25, 0.3) is 0 Å². The largest absolute Gasteiger partial charge is 0.478 e. The third-order valence-electron chi connectivity index (χ3n) is 4.21. The smallest absolute Gasteiger partial charge is 0.335 e. The van der Waals surface area contributed by atoms with Crippen molar-refractivity contribution in [1.29, 1.82) is 0 Å². The maximum absolute atomic E-state index is 12.3. The van der Waals surface area contributed by atoms with Crippen molar-refractivity contribution in [2.24, 2.45) is 0 Å². The molecule has 1 aliphatic heterocycles. The van der Waals surface area contributed by atoms with E-state index in [1.165, 1.54) is 0 Å². The van der Waals surface area contributed by atoms with Gasteiger partial charge < -0.3 is 15.7 Å². The summed E-state index contributed by atoms with van der Waals surface area (Å²) in [5, 5.41) is 15.4. The molecule has 1 unspecified atom stereocenters. The molecule has 0 aliphatic carbocycles. The molecule has 1 heterocycles. The van der Waals surface area contributed by atoms with Crippen molar-refractivity contribution in [3.05, 3.63) is 35.4 Å². The van der Waals surface area contributed by atoms with Gasteiger partial charge in [0, 0.05) is 6.54 Å². The van der Waals surface area contributed by atoms with Crippen LogP contribution in [0.2, 0.25) is 0 Å². The molecule has 1 fully saturated rings. The van der Waals surface area contributed by atoms with Crippen LogP contribution >= 0.6 is 0 Å². The van der Waals surface area contributed by atoms with E-state index in [0.717, 1.165) is 31.4 Å². The summed E-state index contributed by atoms with van der Waals surface area (Å²) in [6.07, 6.45) is 3.17.